The Morgan fingerprint density at radius 2 is 2.04 bits per heavy atom. The highest BCUT2D eigenvalue weighted by Gasteiger charge is 2.29. The van der Waals surface area contributed by atoms with E-state index in [0.717, 1.165) is 48.8 Å². The first-order valence-corrected chi connectivity index (χ1v) is 10.1. The van der Waals surface area contributed by atoms with Crippen molar-refractivity contribution in [1.82, 2.24) is 29.6 Å². The van der Waals surface area contributed by atoms with Crippen LogP contribution in [0.5, 0.6) is 0 Å². The van der Waals surface area contributed by atoms with E-state index in [4.69, 9.17) is 4.52 Å². The molecule has 0 N–H and O–H groups in total. The van der Waals surface area contributed by atoms with Crippen LogP contribution in [-0.4, -0.2) is 60.1 Å². The highest BCUT2D eigenvalue weighted by molar-refractivity contribution is 7.99. The van der Waals surface area contributed by atoms with Crippen LogP contribution in [0.15, 0.2) is 35.4 Å². The summed E-state index contributed by atoms with van der Waals surface area (Å²) in [6.45, 7) is 1.55. The molecular formula is C18H18N6O2S. The van der Waals surface area contributed by atoms with Crippen LogP contribution in [0.1, 0.15) is 35.1 Å². The molecule has 0 atom stereocenters. The van der Waals surface area contributed by atoms with Gasteiger partial charge in [0.1, 0.15) is 17.8 Å². The van der Waals surface area contributed by atoms with Crippen LogP contribution in [-0.2, 0) is 0 Å². The Morgan fingerprint density at radius 3 is 2.78 bits per heavy atom. The zero-order valence-electron chi connectivity index (χ0n) is 14.6. The summed E-state index contributed by atoms with van der Waals surface area (Å²) < 4.78 is 7.08. The summed E-state index contributed by atoms with van der Waals surface area (Å²) in [5.74, 6) is 4.34. The highest BCUT2D eigenvalue weighted by atomic mass is 32.2. The van der Waals surface area contributed by atoms with Gasteiger partial charge in [-0.3, -0.25) is 9.36 Å². The van der Waals surface area contributed by atoms with Crippen molar-refractivity contribution in [2.24, 2.45) is 0 Å². The van der Waals surface area contributed by atoms with Crippen molar-refractivity contribution in [3.8, 4) is 17.3 Å². The van der Waals surface area contributed by atoms with Crippen LogP contribution in [0, 0.1) is 0 Å². The zero-order valence-corrected chi connectivity index (χ0v) is 15.4. The van der Waals surface area contributed by atoms with E-state index in [1.807, 2.05) is 28.8 Å². The van der Waals surface area contributed by atoms with Gasteiger partial charge in [0, 0.05) is 42.9 Å². The van der Waals surface area contributed by atoms with Crippen molar-refractivity contribution in [2.75, 3.05) is 24.6 Å². The lowest BCUT2D eigenvalue weighted by Gasteiger charge is -2.25. The van der Waals surface area contributed by atoms with Crippen molar-refractivity contribution in [2.45, 2.75) is 18.8 Å². The van der Waals surface area contributed by atoms with Gasteiger partial charge >= 0.3 is 0 Å². The van der Waals surface area contributed by atoms with Crippen LogP contribution in [0.2, 0.25) is 0 Å². The van der Waals surface area contributed by atoms with E-state index in [9.17, 15) is 4.79 Å². The first-order valence-electron chi connectivity index (χ1n) is 8.99. The second kappa shape index (κ2) is 6.80. The van der Waals surface area contributed by atoms with Gasteiger partial charge in [0.05, 0.1) is 5.56 Å². The number of nitrogens with zero attached hydrogens (tertiary/aromatic N) is 6. The van der Waals surface area contributed by atoms with Crippen LogP contribution in [0.25, 0.3) is 17.3 Å². The van der Waals surface area contributed by atoms with Gasteiger partial charge in [-0.25, -0.2) is 9.97 Å². The largest absolute Gasteiger partial charge is 0.336 e. The molecule has 0 aromatic carbocycles. The number of hydrogen-bond donors (Lipinski definition) is 0. The van der Waals surface area contributed by atoms with Gasteiger partial charge in [-0.2, -0.15) is 16.7 Å². The fourth-order valence-electron chi connectivity index (χ4n) is 3.01. The topological polar surface area (TPSA) is 89.9 Å². The van der Waals surface area contributed by atoms with E-state index in [1.165, 1.54) is 0 Å². The summed E-state index contributed by atoms with van der Waals surface area (Å²) in [6.07, 6.45) is 7.31. The molecule has 0 bridgehead atoms. The van der Waals surface area contributed by atoms with Gasteiger partial charge in [-0.15, -0.1) is 0 Å². The zero-order chi connectivity index (χ0) is 18.2. The van der Waals surface area contributed by atoms with Gasteiger partial charge in [0.2, 0.25) is 0 Å². The molecule has 0 spiro atoms. The fraction of sp³-hybridized carbons (Fsp3) is 0.389. The molecule has 4 heterocycles. The van der Waals surface area contributed by atoms with Crippen molar-refractivity contribution in [1.29, 1.82) is 0 Å². The van der Waals surface area contributed by atoms with Gasteiger partial charge in [0.25, 0.3) is 11.8 Å². The van der Waals surface area contributed by atoms with E-state index in [-0.39, 0.29) is 5.91 Å². The molecule has 3 aromatic heterocycles. The van der Waals surface area contributed by atoms with Crippen molar-refractivity contribution >= 4 is 17.7 Å². The summed E-state index contributed by atoms with van der Waals surface area (Å²) in [5.41, 5.74) is 1.22. The Kier molecular flexibility index (Phi) is 4.16. The average molecular weight is 382 g/mol. The number of carbonyl (C=O) groups is 1. The molecule has 138 valence electrons. The maximum Gasteiger partial charge on any atom is 0.274 e. The Balaban J connectivity index is 1.32. The third-order valence-electron chi connectivity index (χ3n) is 4.74. The molecule has 1 amide bonds. The molecular weight excluding hydrogens is 364 g/mol. The predicted molar refractivity (Wildman–Crippen MR) is 99.9 cm³/mol. The van der Waals surface area contributed by atoms with E-state index in [2.05, 4.69) is 20.1 Å². The van der Waals surface area contributed by atoms with Gasteiger partial charge < -0.3 is 9.42 Å². The van der Waals surface area contributed by atoms with Crippen LogP contribution >= 0.6 is 11.8 Å². The molecule has 9 heteroatoms. The molecule has 3 aromatic rings. The number of aromatic nitrogens is 5. The van der Waals surface area contributed by atoms with E-state index >= 15 is 0 Å². The normalized spacial score (nSPS) is 17.3. The molecule has 2 aliphatic rings. The molecule has 1 saturated heterocycles. The summed E-state index contributed by atoms with van der Waals surface area (Å²) in [6, 6.07) is 3.74. The number of thioether (sulfide) groups is 1. The summed E-state index contributed by atoms with van der Waals surface area (Å²) in [7, 11) is 0. The molecule has 1 aliphatic heterocycles. The van der Waals surface area contributed by atoms with Gasteiger partial charge in [-0.05, 0) is 25.0 Å². The monoisotopic (exact) mass is 382 g/mol. The molecule has 5 rings (SSSR count). The third-order valence-corrected chi connectivity index (χ3v) is 5.69. The van der Waals surface area contributed by atoms with Crippen LogP contribution in [0.4, 0.5) is 0 Å². The summed E-state index contributed by atoms with van der Waals surface area (Å²) in [5, 5.41) is 4.03. The SMILES string of the molecule is O=C(c1cn(-c2ccc(-c3nc(C4CC4)no3)cn2)cn1)N1CCSCC1. The lowest BCUT2D eigenvalue weighted by molar-refractivity contribution is 0.0767. The van der Waals surface area contributed by atoms with E-state index in [0.29, 0.717) is 23.3 Å². The number of imidazole rings is 1. The predicted octanol–water partition coefficient (Wildman–Crippen LogP) is 2.38. The lowest BCUT2D eigenvalue weighted by Crippen LogP contribution is -2.38. The maximum atomic E-state index is 12.5. The highest BCUT2D eigenvalue weighted by Crippen LogP contribution is 2.38. The maximum absolute atomic E-state index is 12.5. The molecule has 8 nitrogen and oxygen atoms in total. The number of hydrogen-bond acceptors (Lipinski definition) is 7. The third kappa shape index (κ3) is 3.34. The van der Waals surface area contributed by atoms with E-state index < -0.39 is 0 Å². The number of carbonyl (C=O) groups excluding carboxylic acids is 1. The minimum absolute atomic E-state index is 0.0239. The lowest BCUT2D eigenvalue weighted by atomic mass is 10.3. The second-order valence-electron chi connectivity index (χ2n) is 6.71. The second-order valence-corrected chi connectivity index (χ2v) is 7.93. The Bertz CT molecular complexity index is 956. The fourth-order valence-corrected chi connectivity index (χ4v) is 3.91. The molecule has 1 saturated carbocycles. The molecule has 2 fully saturated rings. The van der Waals surface area contributed by atoms with E-state index in [1.54, 1.807) is 23.3 Å². The van der Waals surface area contributed by atoms with Gasteiger partial charge in [-0.1, -0.05) is 5.16 Å². The summed E-state index contributed by atoms with van der Waals surface area (Å²) in [4.78, 5) is 27.5. The van der Waals surface area contributed by atoms with Crippen LogP contribution in [0.3, 0.4) is 0 Å². The Labute approximate surface area is 160 Å². The minimum atomic E-state index is -0.0239. The average Bonchev–Trinajstić information content (AvgIpc) is 3.26. The van der Waals surface area contributed by atoms with Crippen LogP contribution < -0.4 is 0 Å². The molecule has 0 radical (unpaired) electrons. The van der Waals surface area contributed by atoms with Crippen molar-refractivity contribution < 1.29 is 9.32 Å². The van der Waals surface area contributed by atoms with Crippen molar-refractivity contribution in [3.05, 3.63) is 42.4 Å². The first kappa shape index (κ1) is 16.5. The van der Waals surface area contributed by atoms with Crippen molar-refractivity contribution in [3.63, 3.8) is 0 Å². The minimum Gasteiger partial charge on any atom is -0.336 e. The summed E-state index contributed by atoms with van der Waals surface area (Å²) >= 11 is 1.87. The smallest absolute Gasteiger partial charge is 0.274 e. The quantitative estimate of drug-likeness (QED) is 0.684. The number of amides is 1. The number of pyridine rings is 1. The van der Waals surface area contributed by atoms with Gasteiger partial charge in [0.15, 0.2) is 5.82 Å². The molecule has 1 aliphatic carbocycles. The standard InChI is InChI=1S/C18H18N6O2S/c25-18(23-5-7-27-8-6-23)14-10-24(11-20-14)15-4-3-13(9-19-15)17-21-16(22-26-17)12-1-2-12/h3-4,9-12H,1-2,5-8H2. The Morgan fingerprint density at radius 1 is 1.19 bits per heavy atom. The molecule has 0 unspecified atom stereocenters. The first-order chi connectivity index (χ1) is 13.3. The Hall–Kier alpha value is -2.68. The molecule has 27 heavy (non-hydrogen) atoms. The number of rotatable bonds is 4.